The first-order valence-electron chi connectivity index (χ1n) is 9.16. The summed E-state index contributed by atoms with van der Waals surface area (Å²) >= 11 is 0. The van der Waals surface area contributed by atoms with E-state index in [-0.39, 0.29) is 11.7 Å². The first-order valence-corrected chi connectivity index (χ1v) is 9.16. The van der Waals surface area contributed by atoms with Gasteiger partial charge in [-0.15, -0.1) is 0 Å². The first kappa shape index (κ1) is 17.5. The molecule has 7 nitrogen and oxygen atoms in total. The van der Waals surface area contributed by atoms with Crippen LogP contribution in [-0.4, -0.2) is 46.1 Å². The molecule has 0 saturated carbocycles. The Morgan fingerprint density at radius 3 is 2.85 bits per heavy atom. The number of ether oxygens (including phenoxy) is 1. The Morgan fingerprint density at radius 1 is 1.26 bits per heavy atom. The van der Waals surface area contributed by atoms with Gasteiger partial charge >= 0.3 is 0 Å². The molecule has 27 heavy (non-hydrogen) atoms. The lowest BCUT2D eigenvalue weighted by molar-refractivity contribution is 0.113. The minimum atomic E-state index is -0.190. The zero-order valence-electron chi connectivity index (χ0n) is 15.5. The molecule has 2 N–H and O–H groups in total. The third-order valence-corrected chi connectivity index (χ3v) is 4.91. The number of likely N-dealkylation sites (tertiary alicyclic amines) is 1. The van der Waals surface area contributed by atoms with Crippen LogP contribution in [0.4, 0.5) is 11.6 Å². The first-order chi connectivity index (χ1) is 13.1. The molecule has 1 aliphatic rings. The predicted molar refractivity (Wildman–Crippen MR) is 106 cm³/mol. The van der Waals surface area contributed by atoms with E-state index in [1.165, 1.54) is 6.20 Å². The van der Waals surface area contributed by atoms with E-state index in [0.717, 1.165) is 42.9 Å². The Hall–Kier alpha value is -2.93. The number of nitrogens with one attached hydrogen (secondary N) is 2. The molecule has 0 aliphatic carbocycles. The van der Waals surface area contributed by atoms with Crippen molar-refractivity contribution in [1.29, 1.82) is 0 Å². The number of aromatic nitrogens is 3. The third kappa shape index (κ3) is 3.93. The molecule has 0 unspecified atom stereocenters. The number of fused-ring (bicyclic) bond motifs is 1. The second-order valence-electron chi connectivity index (χ2n) is 7.03. The number of anilines is 2. The van der Waals surface area contributed by atoms with Crippen molar-refractivity contribution in [2.45, 2.75) is 25.9 Å². The SMILES string of the molecule is Cc1cc(Nc2ncc3c(=O)[nH]ccc3n2)ccc1OC1CCN(C)CC1. The molecule has 1 saturated heterocycles. The number of pyridine rings is 1. The van der Waals surface area contributed by atoms with Gasteiger partial charge in [-0.05, 0) is 56.6 Å². The van der Waals surface area contributed by atoms with Crippen LogP contribution in [0.5, 0.6) is 5.75 Å². The number of piperidine rings is 1. The van der Waals surface area contributed by atoms with Crippen molar-refractivity contribution in [2.75, 3.05) is 25.5 Å². The fraction of sp³-hybridized carbons (Fsp3) is 0.350. The second-order valence-corrected chi connectivity index (χ2v) is 7.03. The fourth-order valence-electron chi connectivity index (χ4n) is 3.30. The molecule has 0 radical (unpaired) electrons. The van der Waals surface area contributed by atoms with Crippen LogP contribution in [0, 0.1) is 6.92 Å². The Bertz CT molecular complexity index is 1010. The molecule has 1 aromatic carbocycles. The second kappa shape index (κ2) is 7.36. The zero-order chi connectivity index (χ0) is 18.8. The molecule has 0 spiro atoms. The number of aryl methyl sites for hydroxylation is 1. The highest BCUT2D eigenvalue weighted by atomic mass is 16.5. The molecule has 4 rings (SSSR count). The monoisotopic (exact) mass is 365 g/mol. The van der Waals surface area contributed by atoms with E-state index in [1.54, 1.807) is 12.3 Å². The Balaban J connectivity index is 1.48. The largest absolute Gasteiger partial charge is 0.490 e. The molecule has 1 fully saturated rings. The Labute approximate surface area is 157 Å². The van der Waals surface area contributed by atoms with Crippen molar-refractivity contribution in [3.8, 4) is 5.75 Å². The highest BCUT2D eigenvalue weighted by Crippen LogP contribution is 2.26. The van der Waals surface area contributed by atoms with E-state index in [0.29, 0.717) is 16.9 Å². The van der Waals surface area contributed by atoms with Crippen molar-refractivity contribution < 1.29 is 4.74 Å². The molecule has 3 heterocycles. The minimum Gasteiger partial charge on any atom is -0.490 e. The highest BCUT2D eigenvalue weighted by Gasteiger charge is 2.18. The molecule has 1 aliphatic heterocycles. The van der Waals surface area contributed by atoms with E-state index in [9.17, 15) is 4.79 Å². The molecule has 0 bridgehead atoms. The standard InChI is InChI=1S/C20H23N5O2/c1-13-11-14(3-4-18(13)27-15-6-9-25(2)10-7-15)23-20-22-12-16-17(24-20)5-8-21-19(16)26/h3-5,8,11-12,15H,6-7,9-10H2,1-2H3,(H,21,26)(H,22,23,24). The van der Waals surface area contributed by atoms with Crippen LogP contribution in [0.1, 0.15) is 18.4 Å². The van der Waals surface area contributed by atoms with Gasteiger partial charge in [0.25, 0.3) is 5.56 Å². The minimum absolute atomic E-state index is 0.190. The van der Waals surface area contributed by atoms with Gasteiger partial charge in [0.1, 0.15) is 11.9 Å². The summed E-state index contributed by atoms with van der Waals surface area (Å²) in [4.78, 5) is 25.3. The van der Waals surface area contributed by atoms with Gasteiger partial charge in [0.05, 0.1) is 10.9 Å². The summed E-state index contributed by atoms with van der Waals surface area (Å²) in [6, 6.07) is 7.73. The molecule has 0 atom stereocenters. The van der Waals surface area contributed by atoms with Crippen LogP contribution in [0.15, 0.2) is 41.5 Å². The molecular weight excluding hydrogens is 342 g/mol. The van der Waals surface area contributed by atoms with Gasteiger partial charge in [-0.3, -0.25) is 4.79 Å². The quantitative estimate of drug-likeness (QED) is 0.740. The number of aromatic amines is 1. The lowest BCUT2D eigenvalue weighted by Crippen LogP contribution is -2.35. The van der Waals surface area contributed by atoms with E-state index >= 15 is 0 Å². The van der Waals surface area contributed by atoms with E-state index in [1.807, 2.05) is 25.1 Å². The number of benzene rings is 1. The molecule has 140 valence electrons. The summed E-state index contributed by atoms with van der Waals surface area (Å²) < 4.78 is 6.19. The fourth-order valence-corrected chi connectivity index (χ4v) is 3.30. The van der Waals surface area contributed by atoms with Crippen LogP contribution in [0.25, 0.3) is 10.9 Å². The van der Waals surface area contributed by atoms with Gasteiger partial charge < -0.3 is 19.9 Å². The number of hydrogen-bond acceptors (Lipinski definition) is 6. The highest BCUT2D eigenvalue weighted by molar-refractivity contribution is 5.77. The van der Waals surface area contributed by atoms with Gasteiger partial charge in [0.15, 0.2) is 0 Å². The number of H-pyrrole nitrogens is 1. The predicted octanol–water partition coefficient (Wildman–Crippen LogP) is 2.84. The van der Waals surface area contributed by atoms with Gasteiger partial charge in [0, 0.05) is 31.2 Å². The van der Waals surface area contributed by atoms with Crippen molar-refractivity contribution >= 4 is 22.5 Å². The smallest absolute Gasteiger partial charge is 0.258 e. The van der Waals surface area contributed by atoms with Crippen molar-refractivity contribution in [1.82, 2.24) is 19.9 Å². The van der Waals surface area contributed by atoms with Crippen LogP contribution < -0.4 is 15.6 Å². The van der Waals surface area contributed by atoms with Crippen LogP contribution in [0.3, 0.4) is 0 Å². The molecule has 7 heteroatoms. The summed E-state index contributed by atoms with van der Waals surface area (Å²) in [6.45, 7) is 4.19. The Morgan fingerprint density at radius 2 is 2.07 bits per heavy atom. The topological polar surface area (TPSA) is 83.1 Å². The van der Waals surface area contributed by atoms with E-state index < -0.39 is 0 Å². The zero-order valence-corrected chi connectivity index (χ0v) is 15.5. The van der Waals surface area contributed by atoms with Gasteiger partial charge in [-0.2, -0.15) is 0 Å². The van der Waals surface area contributed by atoms with Gasteiger partial charge in [-0.25, -0.2) is 9.97 Å². The molecule has 0 amide bonds. The van der Waals surface area contributed by atoms with Gasteiger partial charge in [0.2, 0.25) is 5.95 Å². The van der Waals surface area contributed by atoms with E-state index in [2.05, 4.69) is 32.2 Å². The number of rotatable bonds is 4. The molecular formula is C20H23N5O2. The van der Waals surface area contributed by atoms with Crippen LogP contribution in [-0.2, 0) is 0 Å². The Kier molecular flexibility index (Phi) is 4.77. The lowest BCUT2D eigenvalue weighted by atomic mass is 10.1. The average Bonchev–Trinajstić information content (AvgIpc) is 2.66. The van der Waals surface area contributed by atoms with Crippen molar-refractivity contribution in [2.24, 2.45) is 0 Å². The maximum Gasteiger partial charge on any atom is 0.258 e. The van der Waals surface area contributed by atoms with E-state index in [4.69, 9.17) is 4.74 Å². The summed E-state index contributed by atoms with van der Waals surface area (Å²) in [5, 5.41) is 3.67. The summed E-state index contributed by atoms with van der Waals surface area (Å²) in [6.07, 6.45) is 5.51. The maximum atomic E-state index is 11.7. The lowest BCUT2D eigenvalue weighted by Gasteiger charge is -2.29. The maximum absolute atomic E-state index is 11.7. The van der Waals surface area contributed by atoms with Crippen LogP contribution in [0.2, 0.25) is 0 Å². The van der Waals surface area contributed by atoms with Crippen LogP contribution >= 0.6 is 0 Å². The van der Waals surface area contributed by atoms with Crippen molar-refractivity contribution in [3.05, 3.63) is 52.6 Å². The molecule has 3 aromatic rings. The summed E-state index contributed by atoms with van der Waals surface area (Å²) in [5.74, 6) is 1.37. The summed E-state index contributed by atoms with van der Waals surface area (Å²) in [7, 11) is 2.15. The summed E-state index contributed by atoms with van der Waals surface area (Å²) in [5.41, 5.74) is 2.36. The number of nitrogens with zero attached hydrogens (tertiary/aromatic N) is 3. The normalized spacial score (nSPS) is 15.8. The van der Waals surface area contributed by atoms with Crippen molar-refractivity contribution in [3.63, 3.8) is 0 Å². The number of hydrogen-bond donors (Lipinski definition) is 2. The molecule has 2 aromatic heterocycles. The third-order valence-electron chi connectivity index (χ3n) is 4.91. The van der Waals surface area contributed by atoms with Gasteiger partial charge in [-0.1, -0.05) is 0 Å². The average molecular weight is 365 g/mol.